The van der Waals surface area contributed by atoms with Crippen molar-refractivity contribution in [3.63, 3.8) is 0 Å². The lowest BCUT2D eigenvalue weighted by molar-refractivity contribution is 0.418. The van der Waals surface area contributed by atoms with E-state index in [2.05, 4.69) is 30.7 Å². The quantitative estimate of drug-likeness (QED) is 0.877. The largest absolute Gasteiger partial charge is 0.213 e. The van der Waals surface area contributed by atoms with E-state index >= 15 is 0 Å². The molecule has 0 heterocycles. The molecule has 0 saturated heterocycles. The van der Waals surface area contributed by atoms with Gasteiger partial charge in [0.15, 0.2) is 0 Å². The zero-order valence-corrected chi connectivity index (χ0v) is 11.7. The molecule has 0 amide bonds. The molecule has 0 radical (unpaired) electrons. The third kappa shape index (κ3) is 4.88. The molecule has 0 aromatic heterocycles. The Morgan fingerprint density at radius 1 is 1.24 bits per heavy atom. The lowest BCUT2D eigenvalue weighted by atomic mass is 9.79. The van der Waals surface area contributed by atoms with Crippen LogP contribution in [0, 0.1) is 0 Å². The molecule has 1 rings (SSSR count). The van der Waals surface area contributed by atoms with Gasteiger partial charge in [-0.1, -0.05) is 44.2 Å². The van der Waals surface area contributed by atoms with Gasteiger partial charge in [-0.05, 0) is 24.3 Å². The Bertz CT molecular complexity index is 452. The highest BCUT2D eigenvalue weighted by molar-refractivity contribution is 7.88. The molecule has 17 heavy (non-hydrogen) atoms. The summed E-state index contributed by atoms with van der Waals surface area (Å²) in [5.41, 5.74) is 1.18. The zero-order valence-electron chi connectivity index (χ0n) is 10.9. The van der Waals surface area contributed by atoms with E-state index in [-0.39, 0.29) is 11.5 Å². The molecule has 4 heteroatoms. The van der Waals surface area contributed by atoms with Crippen LogP contribution in [0.1, 0.15) is 32.8 Å². The normalized spacial score (nSPS) is 14.6. The number of hydrogen-bond donors (Lipinski definition) is 1. The molecule has 0 bridgehead atoms. The van der Waals surface area contributed by atoms with Gasteiger partial charge in [-0.25, -0.2) is 13.1 Å². The second-order valence-corrected chi connectivity index (χ2v) is 7.03. The second-order valence-electron chi connectivity index (χ2n) is 5.25. The highest BCUT2D eigenvalue weighted by Gasteiger charge is 2.24. The molecule has 0 saturated carbocycles. The summed E-state index contributed by atoms with van der Waals surface area (Å²) in [7, 11) is -3.13. The Balaban J connectivity index is 2.74. The van der Waals surface area contributed by atoms with Crippen LogP contribution >= 0.6 is 0 Å². The van der Waals surface area contributed by atoms with Crippen LogP contribution in [0.25, 0.3) is 0 Å². The van der Waals surface area contributed by atoms with Gasteiger partial charge in [0.25, 0.3) is 0 Å². The Hall–Kier alpha value is -0.870. The Labute approximate surface area is 104 Å². The summed E-state index contributed by atoms with van der Waals surface area (Å²) >= 11 is 0. The summed E-state index contributed by atoms with van der Waals surface area (Å²) in [5.74, 6) is 0. The molecule has 1 N–H and O–H groups in total. The average molecular weight is 255 g/mol. The molecule has 0 fully saturated rings. The summed E-state index contributed by atoms with van der Waals surface area (Å²) in [6, 6.07) is 10.1. The zero-order chi connectivity index (χ0) is 13.1. The fourth-order valence-electron chi connectivity index (χ4n) is 2.18. The Kier molecular flexibility index (Phi) is 4.33. The third-order valence-electron chi connectivity index (χ3n) is 2.79. The lowest BCUT2D eigenvalue weighted by Crippen LogP contribution is -2.36. The van der Waals surface area contributed by atoms with Gasteiger partial charge in [0.1, 0.15) is 0 Å². The first-order valence-electron chi connectivity index (χ1n) is 5.73. The molecule has 1 atom stereocenters. The number of nitrogens with one attached hydrogen (secondary N) is 1. The fourth-order valence-corrected chi connectivity index (χ4v) is 2.99. The fraction of sp³-hybridized carbons (Fsp3) is 0.538. The summed E-state index contributed by atoms with van der Waals surface area (Å²) in [6.45, 7) is 6.15. The van der Waals surface area contributed by atoms with Gasteiger partial charge in [-0.3, -0.25) is 0 Å². The molecule has 96 valence electrons. The predicted octanol–water partition coefficient (Wildman–Crippen LogP) is 2.29. The summed E-state index contributed by atoms with van der Waals surface area (Å²) in [4.78, 5) is 0. The van der Waals surface area contributed by atoms with E-state index < -0.39 is 10.0 Å². The van der Waals surface area contributed by atoms with Crippen LogP contribution in [0.4, 0.5) is 0 Å². The maximum Gasteiger partial charge on any atom is 0.208 e. The Morgan fingerprint density at radius 3 is 2.24 bits per heavy atom. The minimum absolute atomic E-state index is 0.0433. The van der Waals surface area contributed by atoms with E-state index in [1.54, 1.807) is 0 Å². The summed E-state index contributed by atoms with van der Waals surface area (Å²) < 4.78 is 24.9. The first-order chi connectivity index (χ1) is 7.71. The molecule has 0 spiro atoms. The smallest absolute Gasteiger partial charge is 0.208 e. The molecule has 1 aromatic rings. The molecule has 1 aromatic carbocycles. The van der Waals surface area contributed by atoms with Crippen LogP contribution in [0.3, 0.4) is 0 Å². The van der Waals surface area contributed by atoms with Crippen molar-refractivity contribution in [2.75, 3.05) is 6.26 Å². The highest BCUT2D eigenvalue weighted by Crippen LogP contribution is 2.28. The topological polar surface area (TPSA) is 46.2 Å². The van der Waals surface area contributed by atoms with Crippen molar-refractivity contribution in [2.24, 2.45) is 0 Å². The van der Waals surface area contributed by atoms with E-state index in [1.165, 1.54) is 11.8 Å². The predicted molar refractivity (Wildman–Crippen MR) is 71.5 cm³/mol. The summed E-state index contributed by atoms with van der Waals surface area (Å²) in [6.07, 6.45) is 1.96. The molecular formula is C13H21NO2S. The maximum absolute atomic E-state index is 11.2. The van der Waals surface area contributed by atoms with Crippen LogP contribution in [-0.4, -0.2) is 20.7 Å². The Morgan fingerprint density at radius 2 is 1.76 bits per heavy atom. The van der Waals surface area contributed by atoms with E-state index in [0.29, 0.717) is 0 Å². The van der Waals surface area contributed by atoms with E-state index in [9.17, 15) is 8.42 Å². The minimum atomic E-state index is -3.13. The van der Waals surface area contributed by atoms with E-state index in [1.807, 2.05) is 25.1 Å². The first-order valence-corrected chi connectivity index (χ1v) is 7.63. The lowest BCUT2D eigenvalue weighted by Gasteiger charge is -2.28. The van der Waals surface area contributed by atoms with Gasteiger partial charge >= 0.3 is 0 Å². The monoisotopic (exact) mass is 255 g/mol. The van der Waals surface area contributed by atoms with Gasteiger partial charge in [-0.15, -0.1) is 0 Å². The van der Waals surface area contributed by atoms with Crippen molar-refractivity contribution in [3.8, 4) is 0 Å². The second kappa shape index (κ2) is 5.19. The van der Waals surface area contributed by atoms with Crippen LogP contribution in [0.15, 0.2) is 30.3 Å². The van der Waals surface area contributed by atoms with Crippen LogP contribution < -0.4 is 4.72 Å². The number of hydrogen-bond acceptors (Lipinski definition) is 2. The minimum Gasteiger partial charge on any atom is -0.213 e. The SMILES string of the molecule is C[C@H](CC(C)(C)c1ccccc1)NS(C)(=O)=O. The standard InChI is InChI=1S/C13H21NO2S/c1-11(14-17(4,15)16)10-13(2,3)12-8-6-5-7-9-12/h5-9,11,14H,10H2,1-4H3/t11-/m1/s1. The van der Waals surface area contributed by atoms with Crippen molar-refractivity contribution in [3.05, 3.63) is 35.9 Å². The molecule has 0 aliphatic carbocycles. The van der Waals surface area contributed by atoms with Gasteiger partial charge in [0, 0.05) is 6.04 Å². The van der Waals surface area contributed by atoms with Gasteiger partial charge in [0.2, 0.25) is 10.0 Å². The molecule has 0 aliphatic heterocycles. The molecule has 0 aliphatic rings. The van der Waals surface area contributed by atoms with Crippen molar-refractivity contribution in [1.82, 2.24) is 4.72 Å². The molecule has 3 nitrogen and oxygen atoms in total. The summed E-state index contributed by atoms with van der Waals surface area (Å²) in [5, 5.41) is 0. The van der Waals surface area contributed by atoms with Crippen molar-refractivity contribution >= 4 is 10.0 Å². The van der Waals surface area contributed by atoms with Gasteiger partial charge < -0.3 is 0 Å². The average Bonchev–Trinajstić information content (AvgIpc) is 2.15. The number of sulfonamides is 1. The first kappa shape index (κ1) is 14.2. The highest BCUT2D eigenvalue weighted by atomic mass is 32.2. The van der Waals surface area contributed by atoms with Crippen LogP contribution in [0.2, 0.25) is 0 Å². The molecular weight excluding hydrogens is 234 g/mol. The van der Waals surface area contributed by atoms with Gasteiger partial charge in [-0.2, -0.15) is 0 Å². The number of benzene rings is 1. The van der Waals surface area contributed by atoms with E-state index in [0.717, 1.165) is 6.42 Å². The maximum atomic E-state index is 11.2. The van der Waals surface area contributed by atoms with Crippen LogP contribution in [0.5, 0.6) is 0 Å². The third-order valence-corrected chi connectivity index (χ3v) is 3.62. The van der Waals surface area contributed by atoms with Gasteiger partial charge in [0.05, 0.1) is 6.26 Å². The molecule has 0 unspecified atom stereocenters. The number of rotatable bonds is 5. The van der Waals surface area contributed by atoms with E-state index in [4.69, 9.17) is 0 Å². The van der Waals surface area contributed by atoms with Crippen molar-refractivity contribution in [1.29, 1.82) is 0 Å². The van der Waals surface area contributed by atoms with Crippen molar-refractivity contribution in [2.45, 2.75) is 38.6 Å². The van der Waals surface area contributed by atoms with Crippen LogP contribution in [-0.2, 0) is 15.4 Å². The van der Waals surface area contributed by atoms with Crippen molar-refractivity contribution < 1.29 is 8.42 Å².